The van der Waals surface area contributed by atoms with Crippen LogP contribution in [0.4, 0.5) is 0 Å². The molecule has 3 aromatic rings. The summed E-state index contributed by atoms with van der Waals surface area (Å²) in [7, 11) is 1.63. The van der Waals surface area contributed by atoms with Crippen molar-refractivity contribution in [3.8, 4) is 16.9 Å². The molecule has 1 saturated heterocycles. The molecule has 7 nitrogen and oxygen atoms in total. The summed E-state index contributed by atoms with van der Waals surface area (Å²) < 4.78 is 7.11. The Morgan fingerprint density at radius 3 is 2.81 bits per heavy atom. The normalized spacial score (nSPS) is 15.3. The van der Waals surface area contributed by atoms with Crippen LogP contribution in [0.2, 0.25) is 0 Å². The van der Waals surface area contributed by atoms with Crippen molar-refractivity contribution in [1.29, 1.82) is 0 Å². The van der Waals surface area contributed by atoms with Crippen LogP contribution in [0.3, 0.4) is 0 Å². The number of carbonyl (C=O) groups excluding carboxylic acids is 1. The van der Waals surface area contributed by atoms with Gasteiger partial charge in [-0.2, -0.15) is 5.10 Å². The third-order valence-electron chi connectivity index (χ3n) is 5.01. The lowest BCUT2D eigenvalue weighted by molar-refractivity contribution is -0.119. The zero-order chi connectivity index (χ0) is 18.1. The second-order valence-electron chi connectivity index (χ2n) is 6.52. The molecule has 7 heteroatoms. The maximum Gasteiger partial charge on any atom is 0.251 e. The molecule has 0 spiro atoms. The van der Waals surface area contributed by atoms with E-state index in [0.717, 1.165) is 41.8 Å². The van der Waals surface area contributed by atoms with Crippen molar-refractivity contribution in [2.75, 3.05) is 20.2 Å². The Labute approximate surface area is 150 Å². The van der Waals surface area contributed by atoms with Crippen LogP contribution >= 0.6 is 0 Å². The van der Waals surface area contributed by atoms with Gasteiger partial charge in [-0.1, -0.05) is 12.1 Å². The Bertz CT molecular complexity index is 999. The third-order valence-corrected chi connectivity index (χ3v) is 5.01. The molecule has 2 aromatic heterocycles. The molecule has 0 aliphatic carbocycles. The Kier molecular flexibility index (Phi) is 4.20. The number of carbonyl (C=O) groups is 1. The predicted molar refractivity (Wildman–Crippen MR) is 97.4 cm³/mol. The number of amides is 1. The number of aromatic nitrogens is 3. The molecule has 0 bridgehead atoms. The molecule has 0 atom stereocenters. The fourth-order valence-electron chi connectivity index (χ4n) is 3.61. The fraction of sp³-hybridized carbons (Fsp3) is 0.316. The second kappa shape index (κ2) is 6.67. The van der Waals surface area contributed by atoms with Gasteiger partial charge in [0, 0.05) is 30.6 Å². The van der Waals surface area contributed by atoms with Gasteiger partial charge in [0.1, 0.15) is 11.4 Å². The van der Waals surface area contributed by atoms with E-state index in [-0.39, 0.29) is 11.5 Å². The Morgan fingerprint density at radius 1 is 1.27 bits per heavy atom. The van der Waals surface area contributed by atoms with Gasteiger partial charge in [-0.15, -0.1) is 0 Å². The van der Waals surface area contributed by atoms with Crippen LogP contribution < -0.4 is 10.3 Å². The van der Waals surface area contributed by atoms with Crippen molar-refractivity contribution < 1.29 is 9.53 Å². The fourth-order valence-corrected chi connectivity index (χ4v) is 3.61. The molecule has 0 unspecified atom stereocenters. The molecule has 4 rings (SSSR count). The minimum absolute atomic E-state index is 0.144. The van der Waals surface area contributed by atoms with Gasteiger partial charge in [0.15, 0.2) is 0 Å². The van der Waals surface area contributed by atoms with Crippen LogP contribution in [0.1, 0.15) is 24.5 Å². The number of H-pyrrole nitrogens is 1. The topological polar surface area (TPSA) is 79.7 Å². The largest absolute Gasteiger partial charge is 0.497 e. The summed E-state index contributed by atoms with van der Waals surface area (Å²) in [6.07, 6.45) is 4.31. The number of hydrogen-bond donors (Lipinski definition) is 1. The molecular formula is C19H20N4O3. The summed E-state index contributed by atoms with van der Waals surface area (Å²) in [6.45, 7) is 1.40. The number of aromatic amines is 1. The summed E-state index contributed by atoms with van der Waals surface area (Å²) in [5.41, 5.74) is 3.22. The summed E-state index contributed by atoms with van der Waals surface area (Å²) in [6, 6.07) is 9.30. The number of nitrogens with one attached hydrogen (secondary N) is 1. The number of fused-ring (bicyclic) bond motifs is 1. The summed E-state index contributed by atoms with van der Waals surface area (Å²) >= 11 is 0. The molecule has 0 radical (unpaired) electrons. The second-order valence-corrected chi connectivity index (χ2v) is 6.52. The average Bonchev–Trinajstić information content (AvgIpc) is 3.11. The maximum absolute atomic E-state index is 12.3. The van der Waals surface area contributed by atoms with E-state index in [0.29, 0.717) is 18.7 Å². The lowest BCUT2D eigenvalue weighted by Gasteiger charge is -2.29. The first-order valence-electron chi connectivity index (χ1n) is 8.64. The highest BCUT2D eigenvalue weighted by molar-refractivity contribution is 5.77. The van der Waals surface area contributed by atoms with Gasteiger partial charge in [0.2, 0.25) is 6.41 Å². The number of likely N-dealkylation sites (tertiary alicyclic amines) is 1. The molecule has 1 fully saturated rings. The van der Waals surface area contributed by atoms with Gasteiger partial charge in [-0.25, -0.2) is 4.52 Å². The highest BCUT2D eigenvalue weighted by Gasteiger charge is 2.23. The molecule has 1 amide bonds. The van der Waals surface area contributed by atoms with E-state index in [1.54, 1.807) is 24.3 Å². The van der Waals surface area contributed by atoms with E-state index in [2.05, 4.69) is 10.1 Å². The molecule has 1 aromatic carbocycles. The van der Waals surface area contributed by atoms with Crippen LogP contribution in [0.5, 0.6) is 5.75 Å². The number of hydrogen-bond acceptors (Lipinski definition) is 4. The molecular weight excluding hydrogens is 332 g/mol. The van der Waals surface area contributed by atoms with E-state index >= 15 is 0 Å². The third kappa shape index (κ3) is 2.85. The monoisotopic (exact) mass is 352 g/mol. The van der Waals surface area contributed by atoms with Gasteiger partial charge < -0.3 is 14.6 Å². The van der Waals surface area contributed by atoms with Gasteiger partial charge in [0.25, 0.3) is 5.56 Å². The first kappa shape index (κ1) is 16.4. The van der Waals surface area contributed by atoms with E-state index in [1.807, 2.05) is 28.8 Å². The smallest absolute Gasteiger partial charge is 0.251 e. The van der Waals surface area contributed by atoms with Crippen molar-refractivity contribution in [1.82, 2.24) is 19.5 Å². The van der Waals surface area contributed by atoms with Crippen LogP contribution in [0.15, 0.2) is 41.3 Å². The predicted octanol–water partition coefficient (Wildman–Crippen LogP) is 2.03. The van der Waals surface area contributed by atoms with E-state index in [4.69, 9.17) is 4.74 Å². The SMILES string of the molecule is COc1cccc(-c2cnn3c(C4CCN(C=O)CC4)cc(=O)[nH]c23)c1. The maximum atomic E-state index is 12.3. The number of rotatable bonds is 4. The minimum atomic E-state index is -0.144. The number of methoxy groups -OCH3 is 1. The molecule has 26 heavy (non-hydrogen) atoms. The van der Waals surface area contributed by atoms with Gasteiger partial charge in [-0.3, -0.25) is 9.59 Å². The van der Waals surface area contributed by atoms with Crippen LogP contribution in [-0.2, 0) is 4.79 Å². The highest BCUT2D eigenvalue weighted by Crippen LogP contribution is 2.30. The minimum Gasteiger partial charge on any atom is -0.497 e. The molecule has 1 aliphatic rings. The van der Waals surface area contributed by atoms with Crippen molar-refractivity contribution in [2.24, 2.45) is 0 Å². The van der Waals surface area contributed by atoms with Crippen LogP contribution in [-0.4, -0.2) is 46.1 Å². The van der Waals surface area contributed by atoms with Crippen LogP contribution in [0, 0.1) is 0 Å². The van der Waals surface area contributed by atoms with Gasteiger partial charge in [0.05, 0.1) is 19.0 Å². The molecule has 1 N–H and O–H groups in total. The summed E-state index contributed by atoms with van der Waals surface area (Å²) in [5, 5.41) is 4.53. The number of benzene rings is 1. The first-order chi connectivity index (χ1) is 12.7. The van der Waals surface area contributed by atoms with Gasteiger partial charge >= 0.3 is 0 Å². The van der Waals surface area contributed by atoms with E-state index in [9.17, 15) is 9.59 Å². The quantitative estimate of drug-likeness (QED) is 0.729. The molecule has 1 aliphatic heterocycles. The van der Waals surface area contributed by atoms with Crippen molar-refractivity contribution in [3.05, 3.63) is 52.6 Å². The highest BCUT2D eigenvalue weighted by atomic mass is 16.5. The van der Waals surface area contributed by atoms with Gasteiger partial charge in [-0.05, 0) is 30.5 Å². The average molecular weight is 352 g/mol. The first-order valence-corrected chi connectivity index (χ1v) is 8.64. The number of piperidine rings is 1. The van der Waals surface area contributed by atoms with E-state index in [1.165, 1.54) is 0 Å². The Balaban J connectivity index is 1.78. The van der Waals surface area contributed by atoms with Crippen molar-refractivity contribution >= 4 is 12.1 Å². The van der Waals surface area contributed by atoms with Crippen molar-refractivity contribution in [3.63, 3.8) is 0 Å². The Morgan fingerprint density at radius 2 is 2.08 bits per heavy atom. The zero-order valence-electron chi connectivity index (χ0n) is 14.5. The molecule has 0 saturated carbocycles. The molecule has 3 heterocycles. The zero-order valence-corrected chi connectivity index (χ0v) is 14.5. The summed E-state index contributed by atoms with van der Waals surface area (Å²) in [5.74, 6) is 0.954. The number of nitrogens with zero attached hydrogens (tertiary/aromatic N) is 3. The Hall–Kier alpha value is -3.09. The number of ether oxygens (including phenoxy) is 1. The molecule has 134 valence electrons. The summed E-state index contributed by atoms with van der Waals surface area (Å²) in [4.78, 5) is 27.9. The lowest BCUT2D eigenvalue weighted by Crippen LogP contribution is -2.32. The van der Waals surface area contributed by atoms with E-state index < -0.39 is 0 Å². The lowest BCUT2D eigenvalue weighted by atomic mass is 9.93. The standard InChI is InChI=1S/C19H20N4O3/c1-26-15-4-2-3-14(9-15)16-11-20-23-17(10-18(25)21-19(16)23)13-5-7-22(12-24)8-6-13/h2-4,9-13H,5-8H2,1H3,(H,21,25). The van der Waals surface area contributed by atoms with Crippen molar-refractivity contribution in [2.45, 2.75) is 18.8 Å². The van der Waals surface area contributed by atoms with Crippen LogP contribution in [0.25, 0.3) is 16.8 Å².